The van der Waals surface area contributed by atoms with Crippen molar-refractivity contribution in [3.63, 3.8) is 0 Å². The van der Waals surface area contributed by atoms with E-state index in [1.54, 1.807) is 12.1 Å². The normalized spacial score (nSPS) is 29.9. The molecular formula is C16H16O2. The molecule has 18 heavy (non-hydrogen) atoms. The molecule has 92 valence electrons. The second kappa shape index (κ2) is 4.20. The van der Waals surface area contributed by atoms with Gasteiger partial charge in [0.2, 0.25) is 0 Å². The van der Waals surface area contributed by atoms with Gasteiger partial charge in [-0.3, -0.25) is 9.59 Å². The molecule has 1 aromatic rings. The van der Waals surface area contributed by atoms with Crippen LogP contribution in [0.25, 0.3) is 0 Å². The lowest BCUT2D eigenvalue weighted by Crippen LogP contribution is -2.41. The summed E-state index contributed by atoms with van der Waals surface area (Å²) < 4.78 is 0. The van der Waals surface area contributed by atoms with E-state index >= 15 is 0 Å². The molecule has 0 bridgehead atoms. The standard InChI is InChI=1S/C16H16O2/c1-2-10-6-5-9-13-14(10)16(18)12-8-4-3-7-11(12)15(13)17/h3-8,10,13-14H,2,9H2,1H3. The van der Waals surface area contributed by atoms with Crippen molar-refractivity contribution in [2.24, 2.45) is 17.8 Å². The fourth-order valence-corrected chi connectivity index (χ4v) is 3.29. The van der Waals surface area contributed by atoms with Crippen LogP contribution in [0.2, 0.25) is 0 Å². The van der Waals surface area contributed by atoms with Crippen LogP contribution in [0, 0.1) is 17.8 Å². The molecule has 1 aromatic carbocycles. The minimum absolute atomic E-state index is 0.137. The molecule has 2 nitrogen and oxygen atoms in total. The van der Waals surface area contributed by atoms with E-state index in [-0.39, 0.29) is 29.3 Å². The number of allylic oxidation sites excluding steroid dienone is 2. The van der Waals surface area contributed by atoms with Crippen LogP contribution in [0.15, 0.2) is 36.4 Å². The molecule has 0 aliphatic heterocycles. The van der Waals surface area contributed by atoms with Crippen LogP contribution in [-0.2, 0) is 0 Å². The Hall–Kier alpha value is -1.70. The lowest BCUT2D eigenvalue weighted by molar-refractivity contribution is 0.0676. The van der Waals surface area contributed by atoms with Gasteiger partial charge in [-0.15, -0.1) is 0 Å². The fourth-order valence-electron chi connectivity index (χ4n) is 3.29. The smallest absolute Gasteiger partial charge is 0.168 e. The molecule has 0 amide bonds. The van der Waals surface area contributed by atoms with Gasteiger partial charge in [0.25, 0.3) is 0 Å². The highest BCUT2D eigenvalue weighted by Crippen LogP contribution is 2.40. The zero-order valence-corrected chi connectivity index (χ0v) is 10.4. The molecule has 2 aliphatic rings. The summed E-state index contributed by atoms with van der Waals surface area (Å²) in [7, 11) is 0. The average molecular weight is 240 g/mol. The topological polar surface area (TPSA) is 34.1 Å². The molecule has 3 atom stereocenters. The fraction of sp³-hybridized carbons (Fsp3) is 0.375. The van der Waals surface area contributed by atoms with Gasteiger partial charge in [0, 0.05) is 23.0 Å². The first kappa shape index (κ1) is 11.4. The summed E-state index contributed by atoms with van der Waals surface area (Å²) in [5.74, 6) is 0.253. The second-order valence-electron chi connectivity index (χ2n) is 5.14. The van der Waals surface area contributed by atoms with Crippen LogP contribution in [0.1, 0.15) is 40.5 Å². The van der Waals surface area contributed by atoms with Crippen molar-refractivity contribution >= 4 is 11.6 Å². The monoisotopic (exact) mass is 240 g/mol. The molecule has 2 aliphatic carbocycles. The van der Waals surface area contributed by atoms with Crippen LogP contribution >= 0.6 is 0 Å². The van der Waals surface area contributed by atoms with Gasteiger partial charge in [0.05, 0.1) is 0 Å². The minimum Gasteiger partial charge on any atom is -0.294 e. The minimum atomic E-state index is -0.137. The molecule has 0 heterocycles. The second-order valence-corrected chi connectivity index (χ2v) is 5.14. The molecule has 0 N–H and O–H groups in total. The largest absolute Gasteiger partial charge is 0.294 e. The Morgan fingerprint density at radius 3 is 2.44 bits per heavy atom. The highest BCUT2D eigenvalue weighted by Gasteiger charge is 2.44. The van der Waals surface area contributed by atoms with Gasteiger partial charge in [0.15, 0.2) is 11.6 Å². The van der Waals surface area contributed by atoms with Crippen molar-refractivity contribution in [3.8, 4) is 0 Å². The quantitative estimate of drug-likeness (QED) is 0.706. The van der Waals surface area contributed by atoms with Gasteiger partial charge in [-0.05, 0) is 18.8 Å². The van der Waals surface area contributed by atoms with Crippen molar-refractivity contribution in [2.45, 2.75) is 19.8 Å². The average Bonchev–Trinajstić information content (AvgIpc) is 2.44. The van der Waals surface area contributed by atoms with E-state index in [0.29, 0.717) is 17.5 Å². The lowest BCUT2D eigenvalue weighted by Gasteiger charge is -2.36. The van der Waals surface area contributed by atoms with Crippen LogP contribution < -0.4 is 0 Å². The predicted molar refractivity (Wildman–Crippen MR) is 69.6 cm³/mol. The molecule has 0 fully saturated rings. The maximum Gasteiger partial charge on any atom is 0.168 e. The van der Waals surface area contributed by atoms with E-state index in [0.717, 1.165) is 6.42 Å². The Kier molecular flexibility index (Phi) is 2.66. The molecule has 0 saturated carbocycles. The van der Waals surface area contributed by atoms with Crippen LogP contribution in [0.3, 0.4) is 0 Å². The molecule has 3 unspecified atom stereocenters. The molecule has 0 saturated heterocycles. The van der Waals surface area contributed by atoms with Gasteiger partial charge in [-0.2, -0.15) is 0 Å². The Labute approximate surface area is 107 Å². The molecule has 3 rings (SSSR count). The van der Waals surface area contributed by atoms with E-state index in [1.165, 1.54) is 0 Å². The maximum atomic E-state index is 12.6. The number of benzene rings is 1. The van der Waals surface area contributed by atoms with Gasteiger partial charge < -0.3 is 0 Å². The Morgan fingerprint density at radius 1 is 1.11 bits per heavy atom. The Morgan fingerprint density at radius 2 is 1.78 bits per heavy atom. The third kappa shape index (κ3) is 1.48. The van der Waals surface area contributed by atoms with Crippen molar-refractivity contribution in [1.29, 1.82) is 0 Å². The van der Waals surface area contributed by atoms with E-state index < -0.39 is 0 Å². The highest BCUT2D eigenvalue weighted by atomic mass is 16.1. The first-order valence-corrected chi connectivity index (χ1v) is 6.58. The van der Waals surface area contributed by atoms with Gasteiger partial charge in [-0.1, -0.05) is 43.3 Å². The lowest BCUT2D eigenvalue weighted by atomic mass is 9.64. The van der Waals surface area contributed by atoms with Gasteiger partial charge >= 0.3 is 0 Å². The van der Waals surface area contributed by atoms with Crippen molar-refractivity contribution in [3.05, 3.63) is 47.5 Å². The predicted octanol–water partition coefficient (Wildman–Crippen LogP) is 3.28. The summed E-state index contributed by atoms with van der Waals surface area (Å²) in [6, 6.07) is 7.24. The number of Topliss-reactive ketones (excluding diaryl/α,β-unsaturated/α-hetero) is 2. The van der Waals surface area contributed by atoms with Gasteiger partial charge in [0.1, 0.15) is 0 Å². The maximum absolute atomic E-state index is 12.6. The Balaban J connectivity index is 2.13. The third-order valence-corrected chi connectivity index (χ3v) is 4.24. The van der Waals surface area contributed by atoms with Crippen LogP contribution in [-0.4, -0.2) is 11.6 Å². The number of hydrogen-bond donors (Lipinski definition) is 0. The summed E-state index contributed by atoms with van der Waals surface area (Å²) in [6.45, 7) is 2.08. The van der Waals surface area contributed by atoms with E-state index in [9.17, 15) is 9.59 Å². The SMILES string of the molecule is CCC1C=CCC2C(=O)c3ccccc3C(=O)C12. The van der Waals surface area contributed by atoms with Crippen molar-refractivity contribution in [2.75, 3.05) is 0 Å². The van der Waals surface area contributed by atoms with Crippen LogP contribution in [0.4, 0.5) is 0 Å². The first-order valence-electron chi connectivity index (χ1n) is 6.58. The zero-order valence-electron chi connectivity index (χ0n) is 10.4. The highest BCUT2D eigenvalue weighted by molar-refractivity contribution is 6.16. The van der Waals surface area contributed by atoms with E-state index in [1.807, 2.05) is 12.1 Å². The molecular weight excluding hydrogens is 224 g/mol. The summed E-state index contributed by atoms with van der Waals surface area (Å²) in [4.78, 5) is 25.1. The number of carbonyl (C=O) groups is 2. The van der Waals surface area contributed by atoms with Crippen LogP contribution in [0.5, 0.6) is 0 Å². The van der Waals surface area contributed by atoms with Gasteiger partial charge in [-0.25, -0.2) is 0 Å². The summed E-state index contributed by atoms with van der Waals surface area (Å²) in [5, 5.41) is 0. The van der Waals surface area contributed by atoms with E-state index in [2.05, 4.69) is 19.1 Å². The first-order chi connectivity index (χ1) is 8.74. The molecule has 0 aromatic heterocycles. The molecule has 2 heteroatoms. The number of carbonyl (C=O) groups excluding carboxylic acids is 2. The van der Waals surface area contributed by atoms with Crippen molar-refractivity contribution in [1.82, 2.24) is 0 Å². The zero-order chi connectivity index (χ0) is 12.7. The number of ketones is 2. The summed E-state index contributed by atoms with van der Waals surface area (Å²) >= 11 is 0. The summed E-state index contributed by atoms with van der Waals surface area (Å²) in [6.07, 6.45) is 5.80. The van der Waals surface area contributed by atoms with E-state index in [4.69, 9.17) is 0 Å². The third-order valence-electron chi connectivity index (χ3n) is 4.24. The van der Waals surface area contributed by atoms with Crippen molar-refractivity contribution < 1.29 is 9.59 Å². The molecule has 0 radical (unpaired) electrons. The molecule has 0 spiro atoms. The number of rotatable bonds is 1. The number of fused-ring (bicyclic) bond motifs is 2. The summed E-state index contributed by atoms with van der Waals surface area (Å²) in [5.41, 5.74) is 1.24. The number of hydrogen-bond acceptors (Lipinski definition) is 2. The Bertz CT molecular complexity index is 542.